The van der Waals surface area contributed by atoms with E-state index in [1.54, 1.807) is 0 Å². The molecule has 124 valence electrons. The van der Waals surface area contributed by atoms with Gasteiger partial charge in [-0.2, -0.15) is 0 Å². The van der Waals surface area contributed by atoms with Crippen molar-refractivity contribution >= 4 is 0 Å². The largest absolute Gasteiger partial charge is 0.381 e. The third-order valence-electron chi connectivity index (χ3n) is 5.57. The Morgan fingerprint density at radius 1 is 0.952 bits per heavy atom. The molecule has 0 unspecified atom stereocenters. The molecular formula is C18H36N2O. The lowest BCUT2D eigenvalue weighted by atomic mass is 9.82. The minimum atomic E-state index is 0.542. The molecule has 2 rings (SSSR count). The lowest BCUT2D eigenvalue weighted by molar-refractivity contribution is 0.0500. The first kappa shape index (κ1) is 17.2. The quantitative estimate of drug-likeness (QED) is 0.748. The molecule has 1 atom stereocenters. The van der Waals surface area contributed by atoms with Crippen LogP contribution in [-0.2, 0) is 4.74 Å². The van der Waals surface area contributed by atoms with E-state index in [0.717, 1.165) is 11.8 Å². The third kappa shape index (κ3) is 5.54. The molecular weight excluding hydrogens is 260 g/mol. The topological polar surface area (TPSA) is 15.7 Å². The molecule has 0 N–H and O–H groups in total. The molecule has 0 aromatic carbocycles. The van der Waals surface area contributed by atoms with Crippen molar-refractivity contribution in [2.45, 2.75) is 65.0 Å². The van der Waals surface area contributed by atoms with Crippen molar-refractivity contribution < 1.29 is 4.74 Å². The van der Waals surface area contributed by atoms with Crippen LogP contribution in [0.25, 0.3) is 0 Å². The highest BCUT2D eigenvalue weighted by atomic mass is 16.5. The first-order valence-electron chi connectivity index (χ1n) is 9.07. The molecule has 1 aliphatic carbocycles. The molecule has 1 saturated carbocycles. The molecule has 1 saturated heterocycles. The minimum Gasteiger partial charge on any atom is -0.381 e. The summed E-state index contributed by atoms with van der Waals surface area (Å²) in [5.74, 6) is 1.79. The van der Waals surface area contributed by atoms with Crippen LogP contribution in [0.1, 0.15) is 52.9 Å². The summed E-state index contributed by atoms with van der Waals surface area (Å²) in [4.78, 5) is 5.29. The summed E-state index contributed by atoms with van der Waals surface area (Å²) in [5, 5.41) is 0. The minimum absolute atomic E-state index is 0.542. The maximum atomic E-state index is 5.48. The molecule has 1 heterocycles. The molecule has 21 heavy (non-hydrogen) atoms. The number of hydrogen-bond donors (Lipinski definition) is 0. The van der Waals surface area contributed by atoms with Crippen molar-refractivity contribution in [3.63, 3.8) is 0 Å². The smallest absolute Gasteiger partial charge is 0.0571 e. The summed E-state index contributed by atoms with van der Waals surface area (Å²) in [6, 6.07) is 0.709. The van der Waals surface area contributed by atoms with Crippen LogP contribution in [0.2, 0.25) is 0 Å². The van der Waals surface area contributed by atoms with Gasteiger partial charge in [-0.15, -0.1) is 0 Å². The summed E-state index contributed by atoms with van der Waals surface area (Å²) in [6.07, 6.45) is 7.28. The van der Waals surface area contributed by atoms with E-state index in [0.29, 0.717) is 12.1 Å². The fourth-order valence-electron chi connectivity index (χ4n) is 4.15. The normalized spacial score (nSPS) is 30.7. The van der Waals surface area contributed by atoms with E-state index in [2.05, 4.69) is 30.6 Å². The van der Waals surface area contributed by atoms with E-state index in [1.165, 1.54) is 64.8 Å². The molecule has 2 aliphatic rings. The molecule has 2 fully saturated rings. The first-order valence-corrected chi connectivity index (χ1v) is 9.07. The third-order valence-corrected chi connectivity index (χ3v) is 5.57. The van der Waals surface area contributed by atoms with E-state index in [-0.39, 0.29) is 0 Å². The Balaban J connectivity index is 1.63. The van der Waals surface area contributed by atoms with Crippen LogP contribution < -0.4 is 0 Å². The van der Waals surface area contributed by atoms with E-state index >= 15 is 0 Å². The van der Waals surface area contributed by atoms with Gasteiger partial charge in [-0.05, 0) is 57.8 Å². The highest BCUT2D eigenvalue weighted by Gasteiger charge is 2.24. The number of piperazine rings is 1. The molecule has 0 bridgehead atoms. The molecule has 3 heteroatoms. The van der Waals surface area contributed by atoms with Gasteiger partial charge in [0.25, 0.3) is 0 Å². The van der Waals surface area contributed by atoms with Gasteiger partial charge in [0.15, 0.2) is 0 Å². The second-order valence-electron chi connectivity index (χ2n) is 7.65. The predicted molar refractivity (Wildman–Crippen MR) is 89.7 cm³/mol. The van der Waals surface area contributed by atoms with Gasteiger partial charge in [0.2, 0.25) is 0 Å². The monoisotopic (exact) mass is 296 g/mol. The van der Waals surface area contributed by atoms with Gasteiger partial charge in [-0.3, -0.25) is 4.90 Å². The van der Waals surface area contributed by atoms with E-state index < -0.39 is 0 Å². The number of methoxy groups -OCH3 is 1. The zero-order chi connectivity index (χ0) is 15.2. The summed E-state index contributed by atoms with van der Waals surface area (Å²) in [6.45, 7) is 13.4. The molecule has 3 nitrogen and oxygen atoms in total. The Labute approximate surface area is 132 Å². The first-order chi connectivity index (χ1) is 10.1. The summed E-state index contributed by atoms with van der Waals surface area (Å²) in [7, 11) is 1.87. The molecule has 0 aromatic heterocycles. The maximum Gasteiger partial charge on any atom is 0.0571 e. The maximum absolute atomic E-state index is 5.48. The van der Waals surface area contributed by atoms with Crippen molar-refractivity contribution in [3.05, 3.63) is 0 Å². The molecule has 1 aliphatic heterocycles. The van der Waals surface area contributed by atoms with Crippen LogP contribution >= 0.6 is 0 Å². The van der Waals surface area contributed by atoms with Gasteiger partial charge in [0, 0.05) is 45.9 Å². The van der Waals surface area contributed by atoms with Crippen LogP contribution in [0.5, 0.6) is 0 Å². The molecule has 0 spiro atoms. The highest BCUT2D eigenvalue weighted by molar-refractivity contribution is 4.78. The summed E-state index contributed by atoms with van der Waals surface area (Å²) < 4.78 is 5.48. The van der Waals surface area contributed by atoms with Crippen LogP contribution in [0.15, 0.2) is 0 Å². The fourth-order valence-corrected chi connectivity index (χ4v) is 4.15. The second-order valence-corrected chi connectivity index (χ2v) is 7.65. The standard InChI is InChI=1S/C18H36N2O/c1-15(2)20-11-9-19(10-12-20)14-16(3)13-17-5-7-18(21-4)8-6-17/h15-18H,5-14H2,1-4H3/t16-,17?,18?/m0/s1. The molecule has 0 aromatic rings. The average molecular weight is 296 g/mol. The zero-order valence-corrected chi connectivity index (χ0v) is 14.7. The van der Waals surface area contributed by atoms with Gasteiger partial charge in [-0.25, -0.2) is 0 Å². The van der Waals surface area contributed by atoms with Crippen LogP contribution in [0.4, 0.5) is 0 Å². The van der Waals surface area contributed by atoms with Gasteiger partial charge in [0.05, 0.1) is 6.10 Å². The Hall–Kier alpha value is -0.120. The summed E-state index contributed by atoms with van der Waals surface area (Å²) >= 11 is 0. The molecule has 0 radical (unpaired) electrons. The summed E-state index contributed by atoms with van der Waals surface area (Å²) in [5.41, 5.74) is 0. The van der Waals surface area contributed by atoms with Gasteiger partial charge in [-0.1, -0.05) is 6.92 Å². The fraction of sp³-hybridized carbons (Fsp3) is 1.00. The number of ether oxygens (including phenoxy) is 1. The number of rotatable bonds is 6. The van der Waals surface area contributed by atoms with Gasteiger partial charge >= 0.3 is 0 Å². The lowest BCUT2D eigenvalue weighted by Gasteiger charge is -2.38. The average Bonchev–Trinajstić information content (AvgIpc) is 2.48. The highest BCUT2D eigenvalue weighted by Crippen LogP contribution is 2.30. The van der Waals surface area contributed by atoms with Crippen LogP contribution in [-0.4, -0.2) is 61.8 Å². The van der Waals surface area contributed by atoms with Crippen molar-refractivity contribution in [1.82, 2.24) is 9.80 Å². The van der Waals surface area contributed by atoms with Crippen molar-refractivity contribution in [1.29, 1.82) is 0 Å². The second kappa shape index (κ2) is 8.50. The van der Waals surface area contributed by atoms with E-state index in [9.17, 15) is 0 Å². The van der Waals surface area contributed by atoms with Gasteiger partial charge in [0.1, 0.15) is 0 Å². The SMILES string of the molecule is COC1CCC(C[C@H](C)CN2CCN(C(C)C)CC2)CC1. The Morgan fingerprint density at radius 3 is 2.10 bits per heavy atom. The van der Waals surface area contributed by atoms with Crippen molar-refractivity contribution in [3.8, 4) is 0 Å². The van der Waals surface area contributed by atoms with E-state index in [4.69, 9.17) is 4.74 Å². The number of hydrogen-bond acceptors (Lipinski definition) is 3. The zero-order valence-electron chi connectivity index (χ0n) is 14.7. The molecule has 0 amide bonds. The Kier molecular flexibility index (Phi) is 6.97. The Morgan fingerprint density at radius 2 is 1.57 bits per heavy atom. The predicted octanol–water partition coefficient (Wildman–Crippen LogP) is 3.24. The van der Waals surface area contributed by atoms with Crippen LogP contribution in [0, 0.1) is 11.8 Å². The van der Waals surface area contributed by atoms with Gasteiger partial charge < -0.3 is 9.64 Å². The van der Waals surface area contributed by atoms with Crippen molar-refractivity contribution in [2.75, 3.05) is 39.8 Å². The lowest BCUT2D eigenvalue weighted by Crippen LogP contribution is -2.49. The van der Waals surface area contributed by atoms with Crippen molar-refractivity contribution in [2.24, 2.45) is 11.8 Å². The van der Waals surface area contributed by atoms with Crippen LogP contribution in [0.3, 0.4) is 0 Å². The number of nitrogens with zero attached hydrogens (tertiary/aromatic N) is 2. The van der Waals surface area contributed by atoms with E-state index in [1.807, 2.05) is 7.11 Å². The Bertz CT molecular complexity index is 279.